The van der Waals surface area contributed by atoms with Crippen molar-refractivity contribution >= 4 is 21.7 Å². The molecule has 8 heteroatoms. The van der Waals surface area contributed by atoms with Gasteiger partial charge in [-0.05, 0) is 50.1 Å². The first-order chi connectivity index (χ1) is 12.5. The zero-order valence-corrected chi connectivity index (χ0v) is 16.2. The van der Waals surface area contributed by atoms with Gasteiger partial charge < -0.3 is 15.1 Å². The van der Waals surface area contributed by atoms with E-state index in [1.165, 1.54) is 6.42 Å². The van der Waals surface area contributed by atoms with Gasteiger partial charge in [0.1, 0.15) is 0 Å². The van der Waals surface area contributed by atoms with E-state index in [1.54, 1.807) is 33.5 Å². The van der Waals surface area contributed by atoms with E-state index >= 15 is 0 Å². The third kappa shape index (κ3) is 4.36. The van der Waals surface area contributed by atoms with Crippen molar-refractivity contribution in [3.63, 3.8) is 0 Å². The second-order valence-corrected chi connectivity index (χ2v) is 8.78. The molecule has 2 heterocycles. The van der Waals surface area contributed by atoms with E-state index in [0.717, 1.165) is 45.6 Å². The summed E-state index contributed by atoms with van der Waals surface area (Å²) in [5.74, 6) is 0. The molecular weight excluding hydrogens is 352 g/mol. The SMILES string of the molecule is CCN1CCN(S(=O)(=O)c2ccc(NC(=O)N3CCCCC3)cc2)CC1. The molecule has 2 fully saturated rings. The summed E-state index contributed by atoms with van der Waals surface area (Å²) >= 11 is 0. The van der Waals surface area contributed by atoms with E-state index in [9.17, 15) is 13.2 Å². The lowest BCUT2D eigenvalue weighted by Gasteiger charge is -2.33. The number of urea groups is 1. The monoisotopic (exact) mass is 380 g/mol. The summed E-state index contributed by atoms with van der Waals surface area (Å²) in [6.45, 7) is 7.15. The van der Waals surface area contributed by atoms with Gasteiger partial charge in [0.05, 0.1) is 4.90 Å². The molecular formula is C18H28N4O3S. The largest absolute Gasteiger partial charge is 0.325 e. The van der Waals surface area contributed by atoms with Crippen molar-refractivity contribution in [1.29, 1.82) is 0 Å². The Kier molecular flexibility index (Phi) is 6.16. The first kappa shape index (κ1) is 19.1. The van der Waals surface area contributed by atoms with Crippen LogP contribution < -0.4 is 5.32 Å². The number of nitrogens with zero attached hydrogens (tertiary/aromatic N) is 3. The maximum atomic E-state index is 12.8. The lowest BCUT2D eigenvalue weighted by Crippen LogP contribution is -2.48. The minimum atomic E-state index is -3.48. The molecule has 2 aliphatic rings. The van der Waals surface area contributed by atoms with Gasteiger partial charge in [-0.15, -0.1) is 0 Å². The van der Waals surface area contributed by atoms with E-state index < -0.39 is 10.0 Å². The predicted molar refractivity (Wildman–Crippen MR) is 102 cm³/mol. The highest BCUT2D eigenvalue weighted by molar-refractivity contribution is 7.89. The van der Waals surface area contributed by atoms with Crippen LogP contribution >= 0.6 is 0 Å². The molecule has 0 radical (unpaired) electrons. The lowest BCUT2D eigenvalue weighted by molar-refractivity contribution is 0.196. The second-order valence-electron chi connectivity index (χ2n) is 6.84. The summed E-state index contributed by atoms with van der Waals surface area (Å²) in [4.78, 5) is 16.6. The van der Waals surface area contributed by atoms with Crippen molar-refractivity contribution in [3.05, 3.63) is 24.3 Å². The summed E-state index contributed by atoms with van der Waals surface area (Å²) in [7, 11) is -3.48. The van der Waals surface area contributed by atoms with Gasteiger partial charge in [0.25, 0.3) is 0 Å². The number of nitrogens with one attached hydrogen (secondary N) is 1. The molecule has 26 heavy (non-hydrogen) atoms. The summed E-state index contributed by atoms with van der Waals surface area (Å²) < 4.78 is 27.1. The molecule has 2 aliphatic heterocycles. The van der Waals surface area contributed by atoms with Crippen molar-refractivity contribution in [2.75, 3.05) is 51.1 Å². The summed E-state index contributed by atoms with van der Waals surface area (Å²) in [5, 5.41) is 2.86. The number of piperidine rings is 1. The number of likely N-dealkylation sites (N-methyl/N-ethyl adjacent to an activating group) is 1. The van der Waals surface area contributed by atoms with Crippen molar-refractivity contribution in [2.45, 2.75) is 31.1 Å². The fourth-order valence-electron chi connectivity index (χ4n) is 3.44. The highest BCUT2D eigenvalue weighted by atomic mass is 32.2. The zero-order valence-electron chi connectivity index (χ0n) is 15.4. The Bertz CT molecular complexity index is 706. The van der Waals surface area contributed by atoms with Crippen LogP contribution in [0.1, 0.15) is 26.2 Å². The Morgan fingerprint density at radius 2 is 1.58 bits per heavy atom. The van der Waals surface area contributed by atoms with Gasteiger partial charge >= 0.3 is 6.03 Å². The molecule has 2 saturated heterocycles. The smallest absolute Gasteiger partial charge is 0.321 e. The van der Waals surface area contributed by atoms with E-state index in [0.29, 0.717) is 18.8 Å². The van der Waals surface area contributed by atoms with Crippen LogP contribution in [0.4, 0.5) is 10.5 Å². The lowest BCUT2D eigenvalue weighted by atomic mass is 10.1. The van der Waals surface area contributed by atoms with Crippen LogP contribution in [0, 0.1) is 0 Å². The van der Waals surface area contributed by atoms with Crippen LogP contribution in [-0.4, -0.2) is 74.4 Å². The molecule has 7 nitrogen and oxygen atoms in total. The van der Waals surface area contributed by atoms with Gasteiger partial charge in [0.15, 0.2) is 0 Å². The average Bonchev–Trinajstić information content (AvgIpc) is 2.69. The van der Waals surface area contributed by atoms with Gasteiger partial charge in [0, 0.05) is 45.0 Å². The average molecular weight is 381 g/mol. The highest BCUT2D eigenvalue weighted by Gasteiger charge is 2.28. The maximum Gasteiger partial charge on any atom is 0.321 e. The molecule has 2 amide bonds. The Balaban J connectivity index is 1.62. The van der Waals surface area contributed by atoms with Crippen LogP contribution in [0.2, 0.25) is 0 Å². The van der Waals surface area contributed by atoms with E-state index in [1.807, 2.05) is 0 Å². The molecule has 0 aliphatic carbocycles. The number of carbonyl (C=O) groups is 1. The molecule has 0 spiro atoms. The van der Waals surface area contributed by atoms with Crippen molar-refractivity contribution in [2.24, 2.45) is 0 Å². The topological polar surface area (TPSA) is 73.0 Å². The van der Waals surface area contributed by atoms with Gasteiger partial charge in [-0.25, -0.2) is 13.2 Å². The van der Waals surface area contributed by atoms with Crippen LogP contribution in [0.25, 0.3) is 0 Å². The fourth-order valence-corrected chi connectivity index (χ4v) is 4.87. The number of hydrogen-bond donors (Lipinski definition) is 1. The number of rotatable bonds is 4. The minimum absolute atomic E-state index is 0.115. The Labute approximate surface area is 156 Å². The number of anilines is 1. The van der Waals surface area contributed by atoms with E-state index in [-0.39, 0.29) is 10.9 Å². The van der Waals surface area contributed by atoms with E-state index in [4.69, 9.17) is 0 Å². The molecule has 144 valence electrons. The van der Waals surface area contributed by atoms with Crippen LogP contribution in [0.15, 0.2) is 29.2 Å². The number of benzene rings is 1. The third-order valence-electron chi connectivity index (χ3n) is 5.17. The minimum Gasteiger partial charge on any atom is -0.325 e. The van der Waals surface area contributed by atoms with E-state index in [2.05, 4.69) is 17.1 Å². The Morgan fingerprint density at radius 1 is 0.962 bits per heavy atom. The standard InChI is InChI=1S/C18H28N4O3S/c1-2-20-12-14-22(15-13-20)26(24,25)17-8-6-16(7-9-17)19-18(23)21-10-4-3-5-11-21/h6-9H,2-5,10-15H2,1H3,(H,19,23). The van der Waals surface area contributed by atoms with Crippen molar-refractivity contribution < 1.29 is 13.2 Å². The molecule has 3 rings (SSSR count). The van der Waals surface area contributed by atoms with Gasteiger partial charge in [-0.3, -0.25) is 0 Å². The van der Waals surface area contributed by atoms with Crippen LogP contribution in [-0.2, 0) is 10.0 Å². The number of hydrogen-bond acceptors (Lipinski definition) is 4. The first-order valence-corrected chi connectivity index (χ1v) is 10.8. The number of piperazine rings is 1. The van der Waals surface area contributed by atoms with Gasteiger partial charge in [-0.2, -0.15) is 4.31 Å². The number of amides is 2. The normalized spacial score (nSPS) is 20.1. The van der Waals surface area contributed by atoms with Gasteiger partial charge in [0.2, 0.25) is 10.0 Å². The molecule has 0 aromatic heterocycles. The maximum absolute atomic E-state index is 12.8. The third-order valence-corrected chi connectivity index (χ3v) is 7.08. The zero-order chi connectivity index (χ0) is 18.6. The highest BCUT2D eigenvalue weighted by Crippen LogP contribution is 2.20. The molecule has 1 N–H and O–H groups in total. The van der Waals surface area contributed by atoms with Crippen LogP contribution in [0.3, 0.4) is 0 Å². The van der Waals surface area contributed by atoms with Crippen LogP contribution in [0.5, 0.6) is 0 Å². The first-order valence-electron chi connectivity index (χ1n) is 9.39. The molecule has 0 bridgehead atoms. The fraction of sp³-hybridized carbons (Fsp3) is 0.611. The quantitative estimate of drug-likeness (QED) is 0.867. The summed E-state index contributed by atoms with van der Waals surface area (Å²) in [5.41, 5.74) is 0.621. The molecule has 0 saturated carbocycles. The summed E-state index contributed by atoms with van der Waals surface area (Å²) in [6.07, 6.45) is 3.24. The van der Waals surface area contributed by atoms with Gasteiger partial charge in [-0.1, -0.05) is 6.92 Å². The van der Waals surface area contributed by atoms with Crippen molar-refractivity contribution in [1.82, 2.24) is 14.1 Å². The van der Waals surface area contributed by atoms with Crippen molar-refractivity contribution in [3.8, 4) is 0 Å². The summed E-state index contributed by atoms with van der Waals surface area (Å²) in [6, 6.07) is 6.37. The molecule has 1 aromatic carbocycles. The Morgan fingerprint density at radius 3 is 2.15 bits per heavy atom. The molecule has 1 aromatic rings. The number of sulfonamides is 1. The number of carbonyl (C=O) groups excluding carboxylic acids is 1. The Hall–Kier alpha value is -1.64. The second kappa shape index (κ2) is 8.37. The molecule has 0 unspecified atom stereocenters. The number of likely N-dealkylation sites (tertiary alicyclic amines) is 1. The predicted octanol–water partition coefficient (Wildman–Crippen LogP) is 2.03. The molecule has 0 atom stereocenters.